The molecule has 1 amide bonds. The minimum atomic E-state index is -1.53. The molecular weight excluding hydrogens is 330 g/mol. The van der Waals surface area contributed by atoms with Crippen molar-refractivity contribution in [3.63, 3.8) is 0 Å². The van der Waals surface area contributed by atoms with Gasteiger partial charge < -0.3 is 24.2 Å². The first-order valence-electron chi connectivity index (χ1n) is 8.04. The van der Waals surface area contributed by atoms with Gasteiger partial charge in [-0.3, -0.25) is 10.1 Å². The van der Waals surface area contributed by atoms with Crippen LogP contribution in [0, 0.1) is 0 Å². The summed E-state index contributed by atoms with van der Waals surface area (Å²) in [6, 6.07) is 0. The van der Waals surface area contributed by atoms with E-state index >= 15 is 0 Å². The van der Waals surface area contributed by atoms with Crippen LogP contribution < -0.4 is 5.32 Å². The molecule has 0 aromatic heterocycles. The number of carbonyl (C=O) groups excluding carboxylic acids is 2. The Balaban J connectivity index is 5.21. The number of aliphatic hydroxyl groups excluding tert-OH is 1. The van der Waals surface area contributed by atoms with Crippen LogP contribution in [-0.4, -0.2) is 65.8 Å². The first-order valence-corrected chi connectivity index (χ1v) is 8.04. The number of ether oxygens (including phenoxy) is 3. The van der Waals surface area contributed by atoms with Crippen molar-refractivity contribution < 1.29 is 28.9 Å². The third-order valence-electron chi connectivity index (χ3n) is 2.34. The van der Waals surface area contributed by atoms with E-state index in [9.17, 15) is 14.7 Å². The molecule has 0 spiro atoms. The van der Waals surface area contributed by atoms with E-state index in [0.29, 0.717) is 0 Å². The van der Waals surface area contributed by atoms with Crippen molar-refractivity contribution in [3.05, 3.63) is 0 Å². The SMILES string of the molecule is CCOC(=O)CN(C)C(=NC(O)OC(C)(C)C)NC(=O)OC(C)(C)C. The van der Waals surface area contributed by atoms with E-state index < -0.39 is 29.7 Å². The van der Waals surface area contributed by atoms with Gasteiger partial charge in [0, 0.05) is 7.05 Å². The zero-order chi connectivity index (χ0) is 19.8. The second-order valence-electron chi connectivity index (χ2n) is 7.30. The molecule has 0 aliphatic heterocycles. The quantitative estimate of drug-likeness (QED) is 0.330. The summed E-state index contributed by atoms with van der Waals surface area (Å²) in [5.41, 5.74) is -1.37. The van der Waals surface area contributed by atoms with E-state index in [1.807, 2.05) is 0 Å². The maximum absolute atomic E-state index is 12.0. The van der Waals surface area contributed by atoms with Gasteiger partial charge in [0.05, 0.1) is 12.2 Å². The molecule has 1 atom stereocenters. The van der Waals surface area contributed by atoms with E-state index in [2.05, 4.69) is 10.3 Å². The maximum atomic E-state index is 12.0. The van der Waals surface area contributed by atoms with Gasteiger partial charge in [0.2, 0.25) is 5.96 Å². The fraction of sp³-hybridized carbons (Fsp3) is 0.812. The number of nitrogens with zero attached hydrogens (tertiary/aromatic N) is 2. The lowest BCUT2D eigenvalue weighted by molar-refractivity contribution is -0.160. The van der Waals surface area contributed by atoms with Crippen LogP contribution in [-0.2, 0) is 19.0 Å². The molecule has 0 rings (SSSR count). The van der Waals surface area contributed by atoms with Crippen molar-refractivity contribution in [2.24, 2.45) is 4.99 Å². The number of aliphatic imine (C=N–C) groups is 1. The lowest BCUT2D eigenvalue weighted by Gasteiger charge is -2.26. The van der Waals surface area contributed by atoms with E-state index in [4.69, 9.17) is 14.2 Å². The fourth-order valence-corrected chi connectivity index (χ4v) is 1.54. The second-order valence-corrected chi connectivity index (χ2v) is 7.30. The molecule has 0 heterocycles. The summed E-state index contributed by atoms with van der Waals surface area (Å²) in [5, 5.41) is 12.3. The smallest absolute Gasteiger partial charge is 0.414 e. The highest BCUT2D eigenvalue weighted by atomic mass is 16.6. The number of rotatable bonds is 5. The maximum Gasteiger partial charge on any atom is 0.414 e. The predicted octanol–water partition coefficient (Wildman–Crippen LogP) is 1.45. The lowest BCUT2D eigenvalue weighted by atomic mass is 10.2. The van der Waals surface area contributed by atoms with Crippen LogP contribution in [0.2, 0.25) is 0 Å². The van der Waals surface area contributed by atoms with Crippen LogP contribution in [0.3, 0.4) is 0 Å². The molecule has 1 unspecified atom stereocenters. The highest BCUT2D eigenvalue weighted by Gasteiger charge is 2.22. The Bertz CT molecular complexity index is 479. The zero-order valence-corrected chi connectivity index (χ0v) is 16.4. The first kappa shape index (κ1) is 23.1. The van der Waals surface area contributed by atoms with Gasteiger partial charge in [-0.2, -0.15) is 4.99 Å². The van der Waals surface area contributed by atoms with Crippen molar-refractivity contribution in [2.75, 3.05) is 20.2 Å². The molecule has 0 aromatic rings. The van der Waals surface area contributed by atoms with Crippen LogP contribution in [0.5, 0.6) is 0 Å². The minimum Gasteiger partial charge on any atom is -0.465 e. The largest absolute Gasteiger partial charge is 0.465 e. The lowest BCUT2D eigenvalue weighted by Crippen LogP contribution is -2.47. The molecule has 9 heteroatoms. The number of guanidine groups is 1. The Morgan fingerprint density at radius 3 is 2.16 bits per heavy atom. The second kappa shape index (κ2) is 9.57. The van der Waals surface area contributed by atoms with Crippen molar-refractivity contribution in [1.82, 2.24) is 10.2 Å². The molecule has 0 aliphatic rings. The Kier molecular flexibility index (Phi) is 8.86. The molecule has 146 valence electrons. The van der Waals surface area contributed by atoms with Crippen molar-refractivity contribution in [2.45, 2.75) is 66.1 Å². The van der Waals surface area contributed by atoms with E-state index in [1.54, 1.807) is 48.5 Å². The van der Waals surface area contributed by atoms with Crippen molar-refractivity contribution in [3.8, 4) is 0 Å². The monoisotopic (exact) mass is 361 g/mol. The summed E-state index contributed by atoms with van der Waals surface area (Å²) in [5.74, 6) is -0.589. The number of likely N-dealkylation sites (N-methyl/N-ethyl adjacent to an activating group) is 1. The van der Waals surface area contributed by atoms with Gasteiger partial charge in [-0.05, 0) is 48.5 Å². The van der Waals surface area contributed by atoms with Gasteiger partial charge in [0.1, 0.15) is 12.1 Å². The average molecular weight is 361 g/mol. The number of hydrogen-bond acceptors (Lipinski definition) is 7. The van der Waals surface area contributed by atoms with E-state index in [1.165, 1.54) is 11.9 Å². The van der Waals surface area contributed by atoms with Gasteiger partial charge in [0.25, 0.3) is 6.41 Å². The summed E-state index contributed by atoms with van der Waals surface area (Å²) in [4.78, 5) is 28.8. The molecule has 25 heavy (non-hydrogen) atoms. The molecule has 0 saturated carbocycles. The fourth-order valence-electron chi connectivity index (χ4n) is 1.54. The molecule has 0 aromatic carbocycles. The van der Waals surface area contributed by atoms with Crippen LogP contribution in [0.4, 0.5) is 4.79 Å². The van der Waals surface area contributed by atoms with Gasteiger partial charge >= 0.3 is 12.1 Å². The molecule has 9 nitrogen and oxygen atoms in total. The Labute approximate surface area is 149 Å². The molecule has 0 saturated heterocycles. The number of nitrogens with one attached hydrogen (secondary N) is 1. The molecule has 0 radical (unpaired) electrons. The summed E-state index contributed by atoms with van der Waals surface area (Å²) >= 11 is 0. The molecule has 2 N–H and O–H groups in total. The van der Waals surface area contributed by atoms with Crippen LogP contribution in [0.25, 0.3) is 0 Å². The molecule has 0 fully saturated rings. The van der Waals surface area contributed by atoms with Gasteiger partial charge in [-0.25, -0.2) is 4.79 Å². The minimum absolute atomic E-state index is 0.0842. The summed E-state index contributed by atoms with van der Waals surface area (Å²) in [7, 11) is 1.51. The number of amides is 1. The Morgan fingerprint density at radius 2 is 1.72 bits per heavy atom. The predicted molar refractivity (Wildman–Crippen MR) is 92.9 cm³/mol. The highest BCUT2D eigenvalue weighted by molar-refractivity contribution is 5.95. The molecule has 0 bridgehead atoms. The topological polar surface area (TPSA) is 110 Å². The molecule has 0 aliphatic carbocycles. The molecular formula is C16H31N3O6. The highest BCUT2D eigenvalue weighted by Crippen LogP contribution is 2.11. The van der Waals surface area contributed by atoms with Crippen LogP contribution >= 0.6 is 0 Å². The van der Waals surface area contributed by atoms with Crippen molar-refractivity contribution in [1.29, 1.82) is 0 Å². The normalized spacial score (nSPS) is 13.9. The standard InChI is InChI=1S/C16H31N3O6/c1-9-23-11(20)10-19(8)12(17-13(21)24-15(2,3)4)18-14(22)25-16(5,6)7/h13,21H,9-10H2,1-8H3,(H,17,18,22). The summed E-state index contributed by atoms with van der Waals surface area (Å²) in [6.07, 6.45) is -2.31. The number of aliphatic hydroxyl groups is 1. The number of esters is 1. The van der Waals surface area contributed by atoms with Gasteiger partial charge in [0.15, 0.2) is 0 Å². The first-order chi connectivity index (χ1) is 11.2. The zero-order valence-electron chi connectivity index (χ0n) is 16.4. The van der Waals surface area contributed by atoms with Crippen LogP contribution in [0.15, 0.2) is 4.99 Å². The van der Waals surface area contributed by atoms with E-state index in [0.717, 1.165) is 0 Å². The van der Waals surface area contributed by atoms with Crippen molar-refractivity contribution >= 4 is 18.0 Å². The van der Waals surface area contributed by atoms with Crippen LogP contribution in [0.1, 0.15) is 48.5 Å². The average Bonchev–Trinajstić information content (AvgIpc) is 2.33. The third-order valence-corrected chi connectivity index (χ3v) is 2.34. The van der Waals surface area contributed by atoms with Gasteiger partial charge in [-0.15, -0.1) is 0 Å². The number of carbonyl (C=O) groups is 2. The number of hydrogen-bond donors (Lipinski definition) is 2. The summed E-state index contributed by atoms with van der Waals surface area (Å²) < 4.78 is 15.3. The van der Waals surface area contributed by atoms with Gasteiger partial charge in [-0.1, -0.05) is 0 Å². The number of alkyl carbamates (subject to hydrolysis) is 1. The van der Waals surface area contributed by atoms with E-state index in [-0.39, 0.29) is 19.1 Å². The Hall–Kier alpha value is -1.87. The Morgan fingerprint density at radius 1 is 1.16 bits per heavy atom. The third kappa shape index (κ3) is 12.2. The summed E-state index contributed by atoms with van der Waals surface area (Å²) in [6.45, 7) is 12.1.